The smallest absolute Gasteiger partial charge is 0.307 e. The van der Waals surface area contributed by atoms with E-state index in [4.69, 9.17) is 0 Å². The van der Waals surface area contributed by atoms with Crippen molar-refractivity contribution in [1.82, 2.24) is 0 Å². The minimum absolute atomic E-state index is 0.209. The Morgan fingerprint density at radius 2 is 1.71 bits per heavy atom. The fourth-order valence-electron chi connectivity index (χ4n) is 2.68. The molecule has 1 saturated heterocycles. The van der Waals surface area contributed by atoms with Gasteiger partial charge in [-0.05, 0) is 12.1 Å². The third kappa shape index (κ3) is 3.21. The van der Waals surface area contributed by atoms with Gasteiger partial charge in [0, 0.05) is 29.8 Å². The predicted octanol–water partition coefficient (Wildman–Crippen LogP) is 2.32. The number of nitrogens with zero attached hydrogens (tertiary/aromatic N) is 1. The molecule has 7 heteroatoms. The largest absolute Gasteiger partial charge is 0.311 e. The average Bonchev–Trinajstić information content (AvgIpc) is 2.97. The number of carbonyl (C=O) groups excluding carboxylic acids is 2. The minimum Gasteiger partial charge on any atom is -0.311 e. The zero-order chi connectivity index (χ0) is 17.3. The van der Waals surface area contributed by atoms with Gasteiger partial charge in [0.1, 0.15) is 5.25 Å². The van der Waals surface area contributed by atoms with Crippen LogP contribution >= 0.6 is 0 Å². The summed E-state index contributed by atoms with van der Waals surface area (Å²) in [5, 5.41) is -1.36. The van der Waals surface area contributed by atoms with Crippen LogP contribution in [-0.2, 0) is 15.0 Å². The highest BCUT2D eigenvalue weighted by Crippen LogP contribution is 2.27. The molecule has 2 aromatic rings. The van der Waals surface area contributed by atoms with Gasteiger partial charge in [-0.3, -0.25) is 9.59 Å². The van der Waals surface area contributed by atoms with Gasteiger partial charge in [0.25, 0.3) is 0 Å². The van der Waals surface area contributed by atoms with Gasteiger partial charge in [-0.25, -0.2) is 0 Å². The lowest BCUT2D eigenvalue weighted by Gasteiger charge is -2.17. The first-order valence-electron chi connectivity index (χ1n) is 7.30. The summed E-state index contributed by atoms with van der Waals surface area (Å²) in [6.45, 7) is -0.249. The Balaban J connectivity index is 1.89. The fraction of sp³-hybridized carbons (Fsp3) is 0.176. The van der Waals surface area contributed by atoms with Crippen LogP contribution in [-0.4, -0.2) is 31.9 Å². The Morgan fingerprint density at radius 1 is 1.04 bits per heavy atom. The second-order valence-corrected chi connectivity index (χ2v) is 7.17. The standard InChI is InChI=1S/C17H14FNO4S/c18-24(22,23)15-10-16(20)19(11-15)14-8-4-7-13(9-14)17(21)12-5-2-1-3-6-12/h1-9,15H,10-11H2. The summed E-state index contributed by atoms with van der Waals surface area (Å²) >= 11 is 0. The number of hydrogen-bond donors (Lipinski definition) is 0. The summed E-state index contributed by atoms with van der Waals surface area (Å²) in [4.78, 5) is 25.7. The number of carbonyl (C=O) groups is 2. The van der Waals surface area contributed by atoms with Crippen molar-refractivity contribution in [3.05, 3.63) is 65.7 Å². The van der Waals surface area contributed by atoms with Crippen molar-refractivity contribution >= 4 is 27.6 Å². The lowest BCUT2D eigenvalue weighted by molar-refractivity contribution is -0.117. The Kier molecular flexibility index (Phi) is 4.19. The zero-order valence-corrected chi connectivity index (χ0v) is 13.4. The molecule has 0 saturated carbocycles. The van der Waals surface area contributed by atoms with Crippen LogP contribution in [0.4, 0.5) is 9.57 Å². The number of anilines is 1. The van der Waals surface area contributed by atoms with Gasteiger partial charge in [0.05, 0.1) is 0 Å². The summed E-state index contributed by atoms with van der Waals surface area (Å²) in [5.74, 6) is -0.690. The molecule has 1 aliphatic heterocycles. The van der Waals surface area contributed by atoms with Gasteiger partial charge in [-0.15, -0.1) is 3.89 Å². The van der Waals surface area contributed by atoms with Crippen LogP contribution in [0.25, 0.3) is 0 Å². The third-order valence-corrected chi connectivity index (χ3v) is 5.06. The molecule has 1 atom stereocenters. The molecular formula is C17H14FNO4S. The second kappa shape index (κ2) is 6.16. The van der Waals surface area contributed by atoms with Crippen LogP contribution in [0.1, 0.15) is 22.3 Å². The first-order valence-corrected chi connectivity index (χ1v) is 8.74. The van der Waals surface area contributed by atoms with E-state index >= 15 is 0 Å². The van der Waals surface area contributed by atoms with Gasteiger partial charge in [0.2, 0.25) is 5.91 Å². The SMILES string of the molecule is O=C(c1ccccc1)c1cccc(N2CC(S(=O)(=O)F)CC2=O)c1. The van der Waals surface area contributed by atoms with E-state index in [1.807, 2.05) is 0 Å². The highest BCUT2D eigenvalue weighted by Gasteiger charge is 2.39. The fourth-order valence-corrected chi connectivity index (χ4v) is 3.35. The molecule has 1 aliphatic rings. The highest BCUT2D eigenvalue weighted by atomic mass is 32.3. The number of rotatable bonds is 4. The van der Waals surface area contributed by atoms with Gasteiger partial charge in [0.15, 0.2) is 5.78 Å². The van der Waals surface area contributed by atoms with Crippen LogP contribution in [0.15, 0.2) is 54.6 Å². The Bertz CT molecular complexity index is 896. The van der Waals surface area contributed by atoms with Gasteiger partial charge >= 0.3 is 10.2 Å². The maximum atomic E-state index is 13.1. The molecular weight excluding hydrogens is 333 g/mol. The summed E-state index contributed by atoms with van der Waals surface area (Å²) in [6, 6.07) is 15.0. The Labute approximate surface area is 138 Å². The van der Waals surface area contributed by atoms with E-state index in [0.717, 1.165) is 0 Å². The topological polar surface area (TPSA) is 71.5 Å². The summed E-state index contributed by atoms with van der Waals surface area (Å²) in [5.41, 5.74) is 1.26. The number of amides is 1. The first-order chi connectivity index (χ1) is 11.4. The van der Waals surface area contributed by atoms with E-state index in [9.17, 15) is 21.9 Å². The summed E-state index contributed by atoms with van der Waals surface area (Å²) in [6.07, 6.45) is -0.393. The minimum atomic E-state index is -4.78. The van der Waals surface area contributed by atoms with E-state index in [1.54, 1.807) is 48.5 Å². The van der Waals surface area contributed by atoms with Crippen LogP contribution in [0.3, 0.4) is 0 Å². The van der Waals surface area contributed by atoms with Crippen LogP contribution in [0.2, 0.25) is 0 Å². The molecule has 1 amide bonds. The lowest BCUT2D eigenvalue weighted by Crippen LogP contribution is -2.27. The van der Waals surface area contributed by atoms with E-state index in [0.29, 0.717) is 16.8 Å². The first kappa shape index (κ1) is 16.3. The van der Waals surface area contributed by atoms with E-state index < -0.39 is 27.8 Å². The zero-order valence-electron chi connectivity index (χ0n) is 12.6. The summed E-state index contributed by atoms with van der Waals surface area (Å²) < 4.78 is 35.2. The second-order valence-electron chi connectivity index (χ2n) is 5.55. The third-order valence-electron chi connectivity index (χ3n) is 3.94. The average molecular weight is 347 g/mol. The lowest BCUT2D eigenvalue weighted by atomic mass is 10.0. The van der Waals surface area contributed by atoms with Crippen LogP contribution in [0.5, 0.6) is 0 Å². The van der Waals surface area contributed by atoms with E-state index in [1.165, 1.54) is 11.0 Å². The van der Waals surface area contributed by atoms with Crippen molar-refractivity contribution in [2.24, 2.45) is 0 Å². The number of ketones is 1. The van der Waals surface area contributed by atoms with Gasteiger partial charge in [-0.2, -0.15) is 8.42 Å². The van der Waals surface area contributed by atoms with Crippen molar-refractivity contribution in [2.45, 2.75) is 11.7 Å². The predicted molar refractivity (Wildman–Crippen MR) is 87.1 cm³/mol. The molecule has 0 aromatic heterocycles. The van der Waals surface area contributed by atoms with Crippen molar-refractivity contribution in [3.63, 3.8) is 0 Å². The van der Waals surface area contributed by atoms with Crippen molar-refractivity contribution in [3.8, 4) is 0 Å². The Morgan fingerprint density at radius 3 is 2.33 bits per heavy atom. The molecule has 124 valence electrons. The molecule has 0 N–H and O–H groups in total. The molecule has 1 heterocycles. The molecule has 1 fully saturated rings. The van der Waals surface area contributed by atoms with E-state index in [-0.39, 0.29) is 12.3 Å². The van der Waals surface area contributed by atoms with E-state index in [2.05, 4.69) is 0 Å². The molecule has 5 nitrogen and oxygen atoms in total. The molecule has 1 unspecified atom stereocenters. The maximum absolute atomic E-state index is 13.1. The number of hydrogen-bond acceptors (Lipinski definition) is 4. The quantitative estimate of drug-likeness (QED) is 0.629. The molecule has 3 rings (SSSR count). The molecule has 0 radical (unpaired) electrons. The molecule has 2 aromatic carbocycles. The van der Waals surface area contributed by atoms with Crippen molar-refractivity contribution < 1.29 is 21.9 Å². The Hall–Kier alpha value is -2.54. The highest BCUT2D eigenvalue weighted by molar-refractivity contribution is 7.87. The van der Waals surface area contributed by atoms with Gasteiger partial charge in [-0.1, -0.05) is 42.5 Å². The van der Waals surface area contributed by atoms with Crippen LogP contribution in [0, 0.1) is 0 Å². The molecule has 24 heavy (non-hydrogen) atoms. The van der Waals surface area contributed by atoms with Crippen LogP contribution < -0.4 is 4.90 Å². The maximum Gasteiger partial charge on any atom is 0.307 e. The van der Waals surface area contributed by atoms with Gasteiger partial charge < -0.3 is 4.90 Å². The number of halogens is 1. The summed E-state index contributed by atoms with van der Waals surface area (Å²) in [7, 11) is -4.78. The molecule has 0 bridgehead atoms. The normalized spacial score (nSPS) is 18.0. The molecule has 0 aliphatic carbocycles. The van der Waals surface area contributed by atoms with Crippen molar-refractivity contribution in [2.75, 3.05) is 11.4 Å². The monoisotopic (exact) mass is 347 g/mol. The molecule has 0 spiro atoms. The van der Waals surface area contributed by atoms with Crippen molar-refractivity contribution in [1.29, 1.82) is 0 Å². The number of benzene rings is 2.